The summed E-state index contributed by atoms with van der Waals surface area (Å²) in [7, 11) is 0. The van der Waals surface area contributed by atoms with E-state index >= 15 is 0 Å². The van der Waals surface area contributed by atoms with Crippen LogP contribution in [0.4, 0.5) is 5.69 Å². The van der Waals surface area contributed by atoms with Crippen molar-refractivity contribution in [3.8, 4) is 5.75 Å². The van der Waals surface area contributed by atoms with Crippen molar-refractivity contribution >= 4 is 33.4 Å². The lowest BCUT2D eigenvalue weighted by Gasteiger charge is -2.08. The number of carbonyl (C=O) groups is 2. The van der Waals surface area contributed by atoms with E-state index in [1.165, 1.54) is 0 Å². The van der Waals surface area contributed by atoms with Gasteiger partial charge < -0.3 is 15.4 Å². The summed E-state index contributed by atoms with van der Waals surface area (Å²) in [5.74, 6) is 0.207. The van der Waals surface area contributed by atoms with Crippen LogP contribution in [-0.2, 0) is 9.59 Å². The van der Waals surface area contributed by atoms with Crippen molar-refractivity contribution in [3.05, 3.63) is 59.1 Å². The van der Waals surface area contributed by atoms with Gasteiger partial charge in [-0.15, -0.1) is 0 Å². The Hall–Kier alpha value is -2.34. The molecule has 2 aromatic carbocycles. The molecule has 2 amide bonds. The fourth-order valence-electron chi connectivity index (χ4n) is 1.82. The van der Waals surface area contributed by atoms with E-state index in [0.29, 0.717) is 11.4 Å². The van der Waals surface area contributed by atoms with E-state index in [1.54, 1.807) is 12.1 Å². The molecule has 0 saturated heterocycles. The first-order valence-corrected chi connectivity index (χ1v) is 7.93. The quantitative estimate of drug-likeness (QED) is 0.780. The molecule has 0 atom stereocenters. The molecule has 0 unspecified atom stereocenters. The van der Waals surface area contributed by atoms with Crippen LogP contribution in [0.5, 0.6) is 5.75 Å². The third-order valence-corrected chi connectivity index (χ3v) is 3.39. The Morgan fingerprint density at radius 1 is 1.00 bits per heavy atom. The van der Waals surface area contributed by atoms with Crippen LogP contribution < -0.4 is 15.4 Å². The van der Waals surface area contributed by atoms with Gasteiger partial charge in [0.25, 0.3) is 0 Å². The maximum atomic E-state index is 11.8. The summed E-state index contributed by atoms with van der Waals surface area (Å²) in [4.78, 5) is 23.4. The highest BCUT2D eigenvalue weighted by atomic mass is 79.9. The molecule has 0 saturated carbocycles. The number of hydrogen-bond acceptors (Lipinski definition) is 3. The average molecular weight is 377 g/mol. The van der Waals surface area contributed by atoms with E-state index in [1.807, 2.05) is 42.5 Å². The molecule has 0 aromatic heterocycles. The average Bonchev–Trinajstić information content (AvgIpc) is 2.54. The second kappa shape index (κ2) is 8.95. The van der Waals surface area contributed by atoms with Gasteiger partial charge in [-0.3, -0.25) is 9.59 Å². The van der Waals surface area contributed by atoms with Gasteiger partial charge in [-0.05, 0) is 30.3 Å². The Kier molecular flexibility index (Phi) is 6.62. The number of carbonyl (C=O) groups excluding carboxylic acids is 2. The van der Waals surface area contributed by atoms with Gasteiger partial charge in [-0.25, -0.2) is 0 Å². The number of nitrogens with one attached hydrogen (secondary N) is 2. The highest BCUT2D eigenvalue weighted by Crippen LogP contribution is 2.15. The van der Waals surface area contributed by atoms with Crippen LogP contribution in [0, 0.1) is 0 Å². The number of amides is 2. The molecular formula is C17H17BrN2O3. The van der Waals surface area contributed by atoms with Crippen molar-refractivity contribution in [1.29, 1.82) is 0 Å². The van der Waals surface area contributed by atoms with Crippen LogP contribution in [0.1, 0.15) is 6.42 Å². The minimum absolute atomic E-state index is 0.0727. The SMILES string of the molecule is O=C(CCOc1ccccc1)NCC(=O)Nc1cccc(Br)c1. The summed E-state index contributed by atoms with van der Waals surface area (Å²) in [5, 5.41) is 5.27. The molecule has 5 nitrogen and oxygen atoms in total. The minimum atomic E-state index is -0.277. The Balaban J connectivity index is 1.65. The predicted molar refractivity (Wildman–Crippen MR) is 92.3 cm³/mol. The minimum Gasteiger partial charge on any atom is -0.493 e. The van der Waals surface area contributed by atoms with Gasteiger partial charge in [0, 0.05) is 10.2 Å². The first-order chi connectivity index (χ1) is 11.1. The molecule has 2 rings (SSSR count). The highest BCUT2D eigenvalue weighted by molar-refractivity contribution is 9.10. The molecule has 6 heteroatoms. The first kappa shape index (κ1) is 17.0. The predicted octanol–water partition coefficient (Wildman–Crippen LogP) is 2.97. The van der Waals surface area contributed by atoms with E-state index in [0.717, 1.165) is 4.47 Å². The number of benzene rings is 2. The van der Waals surface area contributed by atoms with Crippen LogP contribution >= 0.6 is 15.9 Å². The largest absolute Gasteiger partial charge is 0.493 e. The maximum Gasteiger partial charge on any atom is 0.243 e. The Bertz CT molecular complexity index is 662. The second-order valence-corrected chi connectivity index (χ2v) is 5.66. The van der Waals surface area contributed by atoms with Crippen molar-refractivity contribution in [2.45, 2.75) is 6.42 Å². The van der Waals surface area contributed by atoms with E-state index in [9.17, 15) is 9.59 Å². The molecule has 0 radical (unpaired) electrons. The number of hydrogen-bond donors (Lipinski definition) is 2. The lowest BCUT2D eigenvalue weighted by Crippen LogP contribution is -2.33. The summed E-state index contributed by atoms with van der Waals surface area (Å²) < 4.78 is 6.30. The molecule has 0 aliphatic heterocycles. The zero-order valence-electron chi connectivity index (χ0n) is 12.4. The molecule has 0 aliphatic carbocycles. The Labute approximate surface area is 143 Å². The van der Waals surface area contributed by atoms with Crippen molar-refractivity contribution < 1.29 is 14.3 Å². The molecule has 23 heavy (non-hydrogen) atoms. The highest BCUT2D eigenvalue weighted by Gasteiger charge is 2.06. The van der Waals surface area contributed by atoms with Crippen molar-refractivity contribution in [2.75, 3.05) is 18.5 Å². The van der Waals surface area contributed by atoms with Gasteiger partial charge in [0.15, 0.2) is 0 Å². The maximum absolute atomic E-state index is 11.8. The normalized spacial score (nSPS) is 9.96. The number of para-hydroxylation sites is 1. The third-order valence-electron chi connectivity index (χ3n) is 2.90. The molecule has 0 bridgehead atoms. The summed E-state index contributed by atoms with van der Waals surface area (Å²) in [5.41, 5.74) is 0.672. The van der Waals surface area contributed by atoms with Crippen molar-refractivity contribution in [1.82, 2.24) is 5.32 Å². The summed E-state index contributed by atoms with van der Waals surface area (Å²) in [6.45, 7) is 0.194. The standard InChI is InChI=1S/C17H17BrN2O3/c18-13-5-4-6-14(11-13)20-17(22)12-19-16(21)9-10-23-15-7-2-1-3-8-15/h1-8,11H,9-10,12H2,(H,19,21)(H,20,22). The fourth-order valence-corrected chi connectivity index (χ4v) is 2.22. The molecule has 0 heterocycles. The molecule has 0 spiro atoms. The van der Waals surface area contributed by atoms with E-state index in [4.69, 9.17) is 4.74 Å². The molecular weight excluding hydrogens is 360 g/mol. The number of anilines is 1. The van der Waals surface area contributed by atoms with Crippen LogP contribution in [0.25, 0.3) is 0 Å². The monoisotopic (exact) mass is 376 g/mol. The van der Waals surface area contributed by atoms with E-state index in [2.05, 4.69) is 26.6 Å². The molecule has 0 aliphatic rings. The fraction of sp³-hybridized carbons (Fsp3) is 0.176. The Morgan fingerprint density at radius 2 is 1.78 bits per heavy atom. The summed E-state index contributed by atoms with van der Waals surface area (Å²) >= 11 is 3.33. The number of halogens is 1. The summed E-state index contributed by atoms with van der Waals surface area (Å²) in [6, 6.07) is 16.5. The molecule has 0 fully saturated rings. The van der Waals surface area contributed by atoms with Gasteiger partial charge in [0.2, 0.25) is 11.8 Å². The van der Waals surface area contributed by atoms with Crippen molar-refractivity contribution in [2.24, 2.45) is 0 Å². The van der Waals surface area contributed by atoms with Crippen LogP contribution in [0.3, 0.4) is 0 Å². The van der Waals surface area contributed by atoms with Crippen LogP contribution in [-0.4, -0.2) is 25.0 Å². The topological polar surface area (TPSA) is 67.4 Å². The van der Waals surface area contributed by atoms with Gasteiger partial charge in [0.05, 0.1) is 19.6 Å². The lowest BCUT2D eigenvalue weighted by atomic mass is 10.3. The molecule has 2 aromatic rings. The first-order valence-electron chi connectivity index (χ1n) is 7.13. The number of rotatable bonds is 7. The van der Waals surface area contributed by atoms with Crippen LogP contribution in [0.2, 0.25) is 0 Å². The third kappa shape index (κ3) is 6.52. The smallest absolute Gasteiger partial charge is 0.243 e. The van der Waals surface area contributed by atoms with Gasteiger partial charge in [-0.2, -0.15) is 0 Å². The molecule has 120 valence electrons. The number of ether oxygens (including phenoxy) is 1. The molecule has 2 N–H and O–H groups in total. The van der Waals surface area contributed by atoms with Crippen LogP contribution in [0.15, 0.2) is 59.1 Å². The zero-order chi connectivity index (χ0) is 16.5. The van der Waals surface area contributed by atoms with E-state index < -0.39 is 0 Å². The Morgan fingerprint density at radius 3 is 2.52 bits per heavy atom. The second-order valence-electron chi connectivity index (χ2n) is 4.75. The lowest BCUT2D eigenvalue weighted by molar-refractivity contribution is -0.124. The van der Waals surface area contributed by atoms with Gasteiger partial charge >= 0.3 is 0 Å². The van der Waals surface area contributed by atoms with Crippen molar-refractivity contribution in [3.63, 3.8) is 0 Å². The van der Waals surface area contributed by atoms with E-state index in [-0.39, 0.29) is 31.4 Å². The van der Waals surface area contributed by atoms with Gasteiger partial charge in [-0.1, -0.05) is 40.2 Å². The summed E-state index contributed by atoms with van der Waals surface area (Å²) in [6.07, 6.45) is 0.194. The van der Waals surface area contributed by atoms with Gasteiger partial charge in [0.1, 0.15) is 5.75 Å². The zero-order valence-corrected chi connectivity index (χ0v) is 14.0.